The summed E-state index contributed by atoms with van der Waals surface area (Å²) >= 11 is 0. The van der Waals surface area contributed by atoms with Crippen LogP contribution >= 0.6 is 0 Å². The van der Waals surface area contributed by atoms with Gasteiger partial charge in [0.2, 0.25) is 6.79 Å². The van der Waals surface area contributed by atoms with Gasteiger partial charge in [0.25, 0.3) is 5.91 Å². The Morgan fingerprint density at radius 3 is 2.83 bits per heavy atom. The number of carbonyl (C=O) groups excluding carboxylic acids is 1. The van der Waals surface area contributed by atoms with Gasteiger partial charge in [0.1, 0.15) is 0 Å². The highest BCUT2D eigenvalue weighted by Gasteiger charge is 2.19. The van der Waals surface area contributed by atoms with E-state index < -0.39 is 0 Å². The van der Waals surface area contributed by atoms with E-state index in [2.05, 4.69) is 20.7 Å². The summed E-state index contributed by atoms with van der Waals surface area (Å²) in [6, 6.07) is 7.15. The molecule has 0 spiro atoms. The molecule has 0 radical (unpaired) electrons. The maximum atomic E-state index is 12.0. The van der Waals surface area contributed by atoms with E-state index in [0.29, 0.717) is 17.2 Å². The number of nitrogens with one attached hydrogen (secondary N) is 2. The van der Waals surface area contributed by atoms with E-state index in [1.165, 1.54) is 6.21 Å². The number of aromatic nitrogens is 2. The summed E-state index contributed by atoms with van der Waals surface area (Å²) in [5, 5.41) is 10.8. The van der Waals surface area contributed by atoms with Gasteiger partial charge in [0.05, 0.1) is 6.21 Å². The number of benzene rings is 1. The van der Waals surface area contributed by atoms with Crippen LogP contribution in [0.15, 0.2) is 29.4 Å². The van der Waals surface area contributed by atoms with Crippen LogP contribution in [0.2, 0.25) is 0 Å². The fourth-order valence-electron chi connectivity index (χ4n) is 2.04. The molecule has 1 aromatic carbocycles. The largest absolute Gasteiger partial charge is 0.454 e. The number of nitrogens with zero attached hydrogens (tertiary/aromatic N) is 2. The molecule has 23 heavy (non-hydrogen) atoms. The van der Waals surface area contributed by atoms with E-state index in [1.54, 1.807) is 18.2 Å². The molecular weight excluding hydrogens is 296 g/mol. The molecule has 3 rings (SSSR count). The van der Waals surface area contributed by atoms with Gasteiger partial charge in [-0.2, -0.15) is 10.2 Å². The van der Waals surface area contributed by atoms with Crippen LogP contribution in [0, 0.1) is 0 Å². The van der Waals surface area contributed by atoms with Gasteiger partial charge < -0.3 is 9.47 Å². The molecule has 1 aliphatic heterocycles. The molecule has 0 fully saturated rings. The Labute approximate surface area is 133 Å². The first-order valence-corrected chi connectivity index (χ1v) is 7.22. The van der Waals surface area contributed by atoms with Crippen molar-refractivity contribution in [3.05, 3.63) is 41.2 Å². The molecule has 1 aromatic heterocycles. The molecule has 2 aromatic rings. The van der Waals surface area contributed by atoms with Crippen LogP contribution in [0.4, 0.5) is 0 Å². The maximum absolute atomic E-state index is 12.0. The van der Waals surface area contributed by atoms with Crippen molar-refractivity contribution >= 4 is 12.1 Å². The van der Waals surface area contributed by atoms with Crippen LogP contribution in [0.1, 0.15) is 42.5 Å². The second kappa shape index (κ2) is 5.75. The van der Waals surface area contributed by atoms with Crippen molar-refractivity contribution in [3.63, 3.8) is 0 Å². The molecule has 120 valence electrons. The summed E-state index contributed by atoms with van der Waals surface area (Å²) in [5.41, 5.74) is 4.35. The topological polar surface area (TPSA) is 88.6 Å². The third-order valence-corrected chi connectivity index (χ3v) is 3.39. The standard InChI is InChI=1S/C16H18N4O3/c1-16(2,3)14-7-11(18-19-14)15(21)20-17-8-10-4-5-12-13(6-10)23-9-22-12/h4-8H,9H2,1-3H3,(H,18,19)(H,20,21)/b17-8-. The fourth-order valence-corrected chi connectivity index (χ4v) is 2.04. The number of H-pyrrole nitrogens is 1. The number of amides is 1. The van der Waals surface area contributed by atoms with Crippen LogP contribution in [0.5, 0.6) is 11.5 Å². The number of hydrogen-bond donors (Lipinski definition) is 2. The number of fused-ring (bicyclic) bond motifs is 1. The first-order valence-electron chi connectivity index (χ1n) is 7.22. The molecule has 2 N–H and O–H groups in total. The summed E-state index contributed by atoms with van der Waals surface area (Å²) in [6.07, 6.45) is 1.54. The molecule has 7 nitrogen and oxygen atoms in total. The minimum Gasteiger partial charge on any atom is -0.454 e. The average Bonchev–Trinajstić information content (AvgIpc) is 3.15. The summed E-state index contributed by atoms with van der Waals surface area (Å²) in [7, 11) is 0. The smallest absolute Gasteiger partial charge is 0.291 e. The van der Waals surface area contributed by atoms with Gasteiger partial charge in [-0.25, -0.2) is 5.43 Å². The van der Waals surface area contributed by atoms with E-state index in [-0.39, 0.29) is 18.1 Å². The SMILES string of the molecule is CC(C)(C)c1cc(C(=O)N/N=C\c2ccc3c(c2)OCO3)n[nH]1. The molecule has 7 heteroatoms. The zero-order chi connectivity index (χ0) is 16.4. The Morgan fingerprint density at radius 1 is 1.30 bits per heavy atom. The zero-order valence-corrected chi connectivity index (χ0v) is 13.2. The van der Waals surface area contributed by atoms with E-state index >= 15 is 0 Å². The summed E-state index contributed by atoms with van der Waals surface area (Å²) in [5.74, 6) is 1.01. The second-order valence-electron chi connectivity index (χ2n) is 6.23. The highest BCUT2D eigenvalue weighted by molar-refractivity contribution is 5.93. The Kier molecular flexibility index (Phi) is 3.77. The van der Waals surface area contributed by atoms with E-state index in [9.17, 15) is 4.79 Å². The van der Waals surface area contributed by atoms with Crippen LogP contribution in [-0.2, 0) is 5.41 Å². The zero-order valence-electron chi connectivity index (χ0n) is 13.2. The van der Waals surface area contributed by atoms with Crippen molar-refractivity contribution in [1.29, 1.82) is 0 Å². The van der Waals surface area contributed by atoms with Crippen LogP contribution in [-0.4, -0.2) is 29.1 Å². The molecular formula is C16H18N4O3. The number of ether oxygens (including phenoxy) is 2. The molecule has 0 bridgehead atoms. The second-order valence-corrected chi connectivity index (χ2v) is 6.23. The normalized spacial score (nSPS) is 13.5. The van der Waals surface area contributed by atoms with Crippen molar-refractivity contribution in [3.8, 4) is 11.5 Å². The molecule has 0 unspecified atom stereocenters. The highest BCUT2D eigenvalue weighted by Crippen LogP contribution is 2.31. The summed E-state index contributed by atoms with van der Waals surface area (Å²) in [6.45, 7) is 6.35. The van der Waals surface area contributed by atoms with Crippen LogP contribution in [0.25, 0.3) is 0 Å². The van der Waals surface area contributed by atoms with E-state index in [0.717, 1.165) is 11.3 Å². The predicted molar refractivity (Wildman–Crippen MR) is 84.9 cm³/mol. The maximum Gasteiger partial charge on any atom is 0.291 e. The van der Waals surface area contributed by atoms with Gasteiger partial charge >= 0.3 is 0 Å². The first kappa shape index (κ1) is 15.1. The lowest BCUT2D eigenvalue weighted by Gasteiger charge is -2.14. The minimum atomic E-state index is -0.367. The van der Waals surface area contributed by atoms with E-state index in [1.807, 2.05) is 26.8 Å². The Hall–Kier alpha value is -2.83. The van der Waals surface area contributed by atoms with Crippen LogP contribution in [0.3, 0.4) is 0 Å². The Morgan fingerprint density at radius 2 is 2.09 bits per heavy atom. The van der Waals surface area contributed by atoms with Crippen molar-refractivity contribution in [2.45, 2.75) is 26.2 Å². The summed E-state index contributed by atoms with van der Waals surface area (Å²) < 4.78 is 10.5. The van der Waals surface area contributed by atoms with E-state index in [4.69, 9.17) is 9.47 Å². The molecule has 0 saturated carbocycles. The number of hydrogen-bond acceptors (Lipinski definition) is 5. The fraction of sp³-hybridized carbons (Fsp3) is 0.312. The molecule has 1 aliphatic rings. The van der Waals surface area contributed by atoms with Crippen molar-refractivity contribution < 1.29 is 14.3 Å². The lowest BCUT2D eigenvalue weighted by molar-refractivity contribution is 0.0950. The minimum absolute atomic E-state index is 0.0959. The number of hydrazone groups is 1. The highest BCUT2D eigenvalue weighted by atomic mass is 16.7. The molecule has 0 atom stereocenters. The summed E-state index contributed by atoms with van der Waals surface area (Å²) in [4.78, 5) is 12.0. The first-order chi connectivity index (χ1) is 10.9. The predicted octanol–water partition coefficient (Wildman–Crippen LogP) is 2.20. The molecule has 1 amide bonds. The number of aromatic amines is 1. The third kappa shape index (κ3) is 3.33. The number of rotatable bonds is 3. The number of carbonyl (C=O) groups is 1. The monoisotopic (exact) mass is 314 g/mol. The van der Waals surface area contributed by atoms with Gasteiger partial charge in [-0.05, 0) is 29.8 Å². The van der Waals surface area contributed by atoms with Gasteiger partial charge in [-0.15, -0.1) is 0 Å². The van der Waals surface area contributed by atoms with Crippen molar-refractivity contribution in [2.24, 2.45) is 5.10 Å². The average molecular weight is 314 g/mol. The molecule has 2 heterocycles. The molecule has 0 saturated heterocycles. The quantitative estimate of drug-likeness (QED) is 0.671. The Bertz CT molecular complexity index is 759. The molecule has 0 aliphatic carbocycles. The Balaban J connectivity index is 1.63. The van der Waals surface area contributed by atoms with Crippen LogP contribution < -0.4 is 14.9 Å². The third-order valence-electron chi connectivity index (χ3n) is 3.39. The van der Waals surface area contributed by atoms with Gasteiger partial charge in [0, 0.05) is 11.1 Å². The van der Waals surface area contributed by atoms with Gasteiger partial charge in [-0.1, -0.05) is 20.8 Å². The van der Waals surface area contributed by atoms with Crippen molar-refractivity contribution in [1.82, 2.24) is 15.6 Å². The van der Waals surface area contributed by atoms with Gasteiger partial charge in [-0.3, -0.25) is 9.89 Å². The van der Waals surface area contributed by atoms with Crippen molar-refractivity contribution in [2.75, 3.05) is 6.79 Å². The van der Waals surface area contributed by atoms with Gasteiger partial charge in [0.15, 0.2) is 17.2 Å². The lowest BCUT2D eigenvalue weighted by Crippen LogP contribution is -2.18. The lowest BCUT2D eigenvalue weighted by atomic mass is 9.92.